The van der Waals surface area contributed by atoms with Crippen molar-refractivity contribution in [1.29, 1.82) is 0 Å². The van der Waals surface area contributed by atoms with Gasteiger partial charge in [0.2, 0.25) is 0 Å². The van der Waals surface area contributed by atoms with Crippen molar-refractivity contribution in [3.05, 3.63) is 53.7 Å². The monoisotopic (exact) mass is 311 g/mol. The van der Waals surface area contributed by atoms with Crippen LogP contribution in [-0.2, 0) is 0 Å². The Balaban J connectivity index is 1.92. The SMILES string of the molecule is CC(C)c1cc(Oc2ccc3[nH]c(C(=O)O)cc3c2)ccc1O. The number of phenols is 1. The molecule has 0 amide bonds. The standard InChI is InChI=1S/C18H17NO4/c1-10(2)14-9-13(4-6-17(14)20)23-12-3-5-15-11(7-12)8-16(19-15)18(21)22/h3-10,19-20H,1-2H3,(H,21,22). The first-order chi connectivity index (χ1) is 10.9. The van der Waals surface area contributed by atoms with E-state index in [9.17, 15) is 9.90 Å². The van der Waals surface area contributed by atoms with Crippen LogP contribution in [0.4, 0.5) is 0 Å². The number of carbonyl (C=O) groups is 1. The molecule has 3 aromatic rings. The highest BCUT2D eigenvalue weighted by molar-refractivity contribution is 5.94. The molecule has 118 valence electrons. The Morgan fingerprint density at radius 2 is 1.78 bits per heavy atom. The highest BCUT2D eigenvalue weighted by Gasteiger charge is 2.10. The molecular weight excluding hydrogens is 294 g/mol. The first kappa shape index (κ1) is 15.0. The summed E-state index contributed by atoms with van der Waals surface area (Å²) in [5.74, 6) is 0.667. The van der Waals surface area contributed by atoms with E-state index < -0.39 is 5.97 Å². The number of fused-ring (bicyclic) bond motifs is 1. The minimum absolute atomic E-state index is 0.142. The van der Waals surface area contributed by atoms with Crippen LogP contribution in [0.25, 0.3) is 10.9 Å². The maximum absolute atomic E-state index is 11.0. The van der Waals surface area contributed by atoms with Crippen LogP contribution in [-0.4, -0.2) is 21.2 Å². The molecule has 0 saturated heterocycles. The minimum Gasteiger partial charge on any atom is -0.508 e. The third-order valence-corrected chi connectivity index (χ3v) is 3.68. The number of aromatic carboxylic acids is 1. The van der Waals surface area contributed by atoms with Crippen LogP contribution in [0.2, 0.25) is 0 Å². The summed E-state index contributed by atoms with van der Waals surface area (Å²) in [7, 11) is 0. The van der Waals surface area contributed by atoms with E-state index in [1.54, 1.807) is 36.4 Å². The average Bonchev–Trinajstić information content (AvgIpc) is 2.92. The number of rotatable bonds is 4. The maximum Gasteiger partial charge on any atom is 0.352 e. The smallest absolute Gasteiger partial charge is 0.352 e. The number of carboxylic acid groups (broad SMARTS) is 1. The highest BCUT2D eigenvalue weighted by Crippen LogP contribution is 2.32. The molecule has 0 unspecified atom stereocenters. The second-order valence-electron chi connectivity index (χ2n) is 5.71. The zero-order valence-electron chi connectivity index (χ0n) is 12.8. The zero-order valence-corrected chi connectivity index (χ0v) is 12.8. The summed E-state index contributed by atoms with van der Waals surface area (Å²) in [5, 5.41) is 19.6. The third-order valence-electron chi connectivity index (χ3n) is 3.68. The molecule has 0 spiro atoms. The summed E-state index contributed by atoms with van der Waals surface area (Å²) in [5.41, 5.74) is 1.70. The second-order valence-corrected chi connectivity index (χ2v) is 5.71. The summed E-state index contributed by atoms with van der Waals surface area (Å²) in [6.45, 7) is 4.00. The van der Waals surface area contributed by atoms with Crippen LogP contribution in [0.5, 0.6) is 17.2 Å². The van der Waals surface area contributed by atoms with Crippen LogP contribution in [0.3, 0.4) is 0 Å². The number of nitrogens with one attached hydrogen (secondary N) is 1. The number of hydrogen-bond donors (Lipinski definition) is 3. The van der Waals surface area contributed by atoms with Crippen LogP contribution >= 0.6 is 0 Å². The number of aromatic hydroxyl groups is 1. The molecule has 0 fully saturated rings. The Hall–Kier alpha value is -2.95. The lowest BCUT2D eigenvalue weighted by Crippen LogP contribution is -1.94. The van der Waals surface area contributed by atoms with Crippen molar-refractivity contribution >= 4 is 16.9 Å². The lowest BCUT2D eigenvalue weighted by atomic mass is 10.0. The van der Waals surface area contributed by atoms with Gasteiger partial charge in [-0.15, -0.1) is 0 Å². The molecule has 1 heterocycles. The van der Waals surface area contributed by atoms with Crippen molar-refractivity contribution < 1.29 is 19.7 Å². The molecule has 1 aromatic heterocycles. The van der Waals surface area contributed by atoms with Gasteiger partial charge in [-0.25, -0.2) is 4.79 Å². The predicted octanol–water partition coefficient (Wildman–Crippen LogP) is 4.49. The van der Waals surface area contributed by atoms with Crippen molar-refractivity contribution in [2.45, 2.75) is 19.8 Å². The lowest BCUT2D eigenvalue weighted by Gasteiger charge is -2.11. The van der Waals surface area contributed by atoms with Crippen LogP contribution in [0, 0.1) is 0 Å². The van der Waals surface area contributed by atoms with Gasteiger partial charge in [0, 0.05) is 16.5 Å². The fraction of sp³-hybridized carbons (Fsp3) is 0.167. The van der Waals surface area contributed by atoms with Gasteiger partial charge in [0.15, 0.2) is 0 Å². The number of ether oxygens (including phenoxy) is 1. The Morgan fingerprint density at radius 3 is 2.48 bits per heavy atom. The topological polar surface area (TPSA) is 82.6 Å². The van der Waals surface area contributed by atoms with E-state index in [4.69, 9.17) is 9.84 Å². The van der Waals surface area contributed by atoms with Crippen molar-refractivity contribution in [3.8, 4) is 17.2 Å². The molecule has 0 radical (unpaired) electrons. The number of benzene rings is 2. The third kappa shape index (κ3) is 2.99. The van der Waals surface area contributed by atoms with Gasteiger partial charge in [0.05, 0.1) is 0 Å². The molecule has 23 heavy (non-hydrogen) atoms. The van der Waals surface area contributed by atoms with E-state index in [1.807, 2.05) is 19.9 Å². The molecule has 0 saturated carbocycles. The molecule has 0 aliphatic carbocycles. The summed E-state index contributed by atoms with van der Waals surface area (Å²) < 4.78 is 5.83. The number of phenolic OH excluding ortho intramolecular Hbond substituents is 1. The number of aromatic amines is 1. The summed E-state index contributed by atoms with van der Waals surface area (Å²) in [6.07, 6.45) is 0. The van der Waals surface area contributed by atoms with E-state index in [-0.39, 0.29) is 17.4 Å². The normalized spacial score (nSPS) is 11.1. The summed E-state index contributed by atoms with van der Waals surface area (Å²) in [4.78, 5) is 13.8. The van der Waals surface area contributed by atoms with E-state index in [1.165, 1.54) is 0 Å². The number of aromatic nitrogens is 1. The molecule has 0 atom stereocenters. The van der Waals surface area contributed by atoms with Gasteiger partial charge in [-0.05, 0) is 48.4 Å². The van der Waals surface area contributed by atoms with Crippen LogP contribution in [0.15, 0.2) is 42.5 Å². The van der Waals surface area contributed by atoms with E-state index in [0.29, 0.717) is 11.5 Å². The van der Waals surface area contributed by atoms with Crippen LogP contribution < -0.4 is 4.74 Å². The Bertz CT molecular complexity index is 880. The number of H-pyrrole nitrogens is 1. The molecule has 0 aliphatic heterocycles. The van der Waals surface area contributed by atoms with Gasteiger partial charge >= 0.3 is 5.97 Å². The van der Waals surface area contributed by atoms with Crippen molar-refractivity contribution in [2.24, 2.45) is 0 Å². The number of carboxylic acids is 1. The average molecular weight is 311 g/mol. The van der Waals surface area contributed by atoms with Crippen molar-refractivity contribution in [2.75, 3.05) is 0 Å². The Kier molecular flexibility index (Phi) is 3.70. The molecule has 5 heteroatoms. The molecule has 3 N–H and O–H groups in total. The highest BCUT2D eigenvalue weighted by atomic mass is 16.5. The minimum atomic E-state index is -0.997. The van der Waals surface area contributed by atoms with Gasteiger partial charge in [-0.2, -0.15) is 0 Å². The largest absolute Gasteiger partial charge is 0.508 e. The van der Waals surface area contributed by atoms with E-state index >= 15 is 0 Å². The molecular formula is C18H17NO4. The Morgan fingerprint density at radius 1 is 1.09 bits per heavy atom. The van der Waals surface area contributed by atoms with Crippen molar-refractivity contribution in [3.63, 3.8) is 0 Å². The fourth-order valence-electron chi connectivity index (χ4n) is 2.48. The first-order valence-corrected chi connectivity index (χ1v) is 7.31. The number of hydrogen-bond acceptors (Lipinski definition) is 3. The van der Waals surface area contributed by atoms with Gasteiger partial charge in [-0.1, -0.05) is 13.8 Å². The molecule has 3 rings (SSSR count). The van der Waals surface area contributed by atoms with Crippen LogP contribution in [0.1, 0.15) is 35.8 Å². The lowest BCUT2D eigenvalue weighted by molar-refractivity contribution is 0.0691. The summed E-state index contributed by atoms with van der Waals surface area (Å²) >= 11 is 0. The van der Waals surface area contributed by atoms with Gasteiger partial charge in [0.25, 0.3) is 0 Å². The maximum atomic E-state index is 11.0. The molecule has 0 bridgehead atoms. The first-order valence-electron chi connectivity index (χ1n) is 7.31. The van der Waals surface area contributed by atoms with E-state index in [2.05, 4.69) is 4.98 Å². The molecule has 5 nitrogen and oxygen atoms in total. The summed E-state index contributed by atoms with van der Waals surface area (Å²) in [6, 6.07) is 12.0. The molecule has 0 aliphatic rings. The predicted molar refractivity (Wildman–Crippen MR) is 87.5 cm³/mol. The fourth-order valence-corrected chi connectivity index (χ4v) is 2.48. The van der Waals surface area contributed by atoms with Gasteiger partial charge < -0.3 is 19.9 Å². The van der Waals surface area contributed by atoms with Crippen molar-refractivity contribution in [1.82, 2.24) is 4.98 Å². The van der Waals surface area contributed by atoms with E-state index in [0.717, 1.165) is 16.5 Å². The molecule has 2 aromatic carbocycles. The quantitative estimate of drug-likeness (QED) is 0.663. The second kappa shape index (κ2) is 5.68. The zero-order chi connectivity index (χ0) is 16.6. The van der Waals surface area contributed by atoms with Gasteiger partial charge in [-0.3, -0.25) is 0 Å². The van der Waals surface area contributed by atoms with Gasteiger partial charge in [0.1, 0.15) is 22.9 Å². The Labute approximate surface area is 133 Å².